The van der Waals surface area contributed by atoms with Crippen LogP contribution < -0.4 is 4.72 Å². The van der Waals surface area contributed by atoms with Gasteiger partial charge in [-0.3, -0.25) is 4.72 Å². The van der Waals surface area contributed by atoms with Crippen molar-refractivity contribution in [2.24, 2.45) is 0 Å². The highest BCUT2D eigenvalue weighted by Gasteiger charge is 2.11. The highest BCUT2D eigenvalue weighted by molar-refractivity contribution is 7.92. The van der Waals surface area contributed by atoms with Crippen molar-refractivity contribution in [2.45, 2.75) is 33.1 Å². The minimum atomic E-state index is -3.48. The van der Waals surface area contributed by atoms with E-state index in [0.29, 0.717) is 12.3 Å². The lowest BCUT2D eigenvalue weighted by Crippen LogP contribution is -2.18. The van der Waals surface area contributed by atoms with Crippen LogP contribution in [0.1, 0.15) is 32.4 Å². The van der Waals surface area contributed by atoms with Crippen molar-refractivity contribution in [3.63, 3.8) is 0 Å². The summed E-state index contributed by atoms with van der Waals surface area (Å²) in [7, 11) is -3.48. The van der Waals surface area contributed by atoms with E-state index in [-0.39, 0.29) is 5.94 Å². The van der Waals surface area contributed by atoms with Gasteiger partial charge < -0.3 is 9.15 Å². The molecule has 5 nitrogen and oxygen atoms in total. The Kier molecular flexibility index (Phi) is 5.25. The van der Waals surface area contributed by atoms with Crippen molar-refractivity contribution in [3.8, 4) is 0 Å². The van der Waals surface area contributed by atoms with E-state index in [9.17, 15) is 8.42 Å². The summed E-state index contributed by atoms with van der Waals surface area (Å²) >= 11 is 0. The molecule has 0 aliphatic heterocycles. The van der Waals surface area contributed by atoms with Gasteiger partial charge in [0, 0.05) is 24.1 Å². The molecule has 1 aromatic carbocycles. The molecule has 2 aromatic rings. The van der Waals surface area contributed by atoms with Crippen LogP contribution in [-0.2, 0) is 21.2 Å². The molecule has 0 radical (unpaired) electrons. The lowest BCUT2D eigenvalue weighted by molar-refractivity contribution is 0.192. The predicted molar refractivity (Wildman–Crippen MR) is 83.9 cm³/mol. The first-order valence-electron chi connectivity index (χ1n) is 7.14. The van der Waals surface area contributed by atoms with Crippen LogP contribution >= 0.6 is 0 Å². The lowest BCUT2D eigenvalue weighted by atomic mass is 10.2. The average Bonchev–Trinajstić information content (AvgIpc) is 2.84. The van der Waals surface area contributed by atoms with Crippen molar-refractivity contribution in [2.75, 3.05) is 17.3 Å². The molecule has 0 saturated carbocycles. The molecular formula is C15H21NO4S. The van der Waals surface area contributed by atoms with Crippen LogP contribution in [0.4, 0.5) is 5.69 Å². The van der Waals surface area contributed by atoms with Crippen LogP contribution in [0.25, 0.3) is 11.0 Å². The second-order valence-corrected chi connectivity index (χ2v) is 6.57. The van der Waals surface area contributed by atoms with Crippen molar-refractivity contribution in [1.29, 1.82) is 0 Å². The number of fused-ring (bicyclic) bond motifs is 1. The molecule has 0 amide bonds. The molecule has 0 spiro atoms. The van der Waals surface area contributed by atoms with Gasteiger partial charge in [-0.1, -0.05) is 13.3 Å². The van der Waals surface area contributed by atoms with Gasteiger partial charge in [0.15, 0.2) is 5.94 Å². The molecule has 1 heterocycles. The Morgan fingerprint density at radius 3 is 2.76 bits per heavy atom. The van der Waals surface area contributed by atoms with Gasteiger partial charge in [0.25, 0.3) is 10.0 Å². The first kappa shape index (κ1) is 15.9. The van der Waals surface area contributed by atoms with E-state index in [1.54, 1.807) is 25.1 Å². The molecule has 0 unspecified atom stereocenters. The fourth-order valence-corrected chi connectivity index (χ4v) is 2.97. The molecule has 2 rings (SSSR count). The number of furan rings is 1. The van der Waals surface area contributed by atoms with Gasteiger partial charge in [-0.05, 0) is 37.6 Å². The number of benzene rings is 1. The van der Waals surface area contributed by atoms with Gasteiger partial charge in [0.1, 0.15) is 11.3 Å². The third-order valence-electron chi connectivity index (χ3n) is 3.06. The zero-order valence-corrected chi connectivity index (χ0v) is 13.2. The largest absolute Gasteiger partial charge is 0.461 e. The Morgan fingerprint density at radius 2 is 2.05 bits per heavy atom. The summed E-state index contributed by atoms with van der Waals surface area (Å²) in [6.07, 6.45) is 3.09. The second-order valence-electron chi connectivity index (χ2n) is 4.90. The molecule has 1 aromatic heterocycles. The minimum absolute atomic E-state index is 0.339. The Hall–Kier alpha value is -1.53. The molecule has 116 valence electrons. The van der Waals surface area contributed by atoms with Crippen LogP contribution in [-0.4, -0.2) is 21.0 Å². The number of unbranched alkanes of at least 4 members (excludes halogenated alkanes) is 1. The van der Waals surface area contributed by atoms with Gasteiger partial charge in [-0.25, -0.2) is 8.42 Å². The zero-order chi connectivity index (χ0) is 15.3. The molecular weight excluding hydrogens is 290 g/mol. The number of hydrogen-bond acceptors (Lipinski definition) is 4. The number of hydrogen-bond donors (Lipinski definition) is 1. The summed E-state index contributed by atoms with van der Waals surface area (Å²) in [5.41, 5.74) is 1.29. The smallest absolute Gasteiger partial charge is 0.257 e. The number of ether oxygens (including phenoxy) is 1. The zero-order valence-electron chi connectivity index (χ0n) is 12.4. The summed E-state index contributed by atoms with van der Waals surface area (Å²) in [5.74, 6) is 0.593. The first-order valence-corrected chi connectivity index (χ1v) is 8.80. The molecule has 1 N–H and O–H groups in total. The Balaban J connectivity index is 2.14. The SMILES string of the molecule is CCCCc1cc2cc(NS(=O)(=O)COCC)ccc2o1. The van der Waals surface area contributed by atoms with E-state index in [4.69, 9.17) is 9.15 Å². The van der Waals surface area contributed by atoms with E-state index < -0.39 is 10.0 Å². The van der Waals surface area contributed by atoms with E-state index in [0.717, 1.165) is 36.0 Å². The summed E-state index contributed by atoms with van der Waals surface area (Å²) in [6.45, 7) is 4.25. The number of nitrogens with one attached hydrogen (secondary N) is 1. The van der Waals surface area contributed by atoms with Gasteiger partial charge in [0.05, 0.1) is 0 Å². The Morgan fingerprint density at radius 1 is 1.24 bits per heavy atom. The van der Waals surface area contributed by atoms with Crippen LogP contribution in [0, 0.1) is 0 Å². The molecule has 0 aliphatic carbocycles. The highest BCUT2D eigenvalue weighted by Crippen LogP contribution is 2.24. The van der Waals surface area contributed by atoms with Crippen molar-refractivity contribution in [3.05, 3.63) is 30.0 Å². The lowest BCUT2D eigenvalue weighted by Gasteiger charge is -2.07. The van der Waals surface area contributed by atoms with Gasteiger partial charge in [0.2, 0.25) is 0 Å². The third kappa shape index (κ3) is 4.47. The molecule has 0 saturated heterocycles. The fourth-order valence-electron chi connectivity index (χ4n) is 2.04. The van der Waals surface area contributed by atoms with Crippen LogP contribution in [0.15, 0.2) is 28.7 Å². The molecule has 0 atom stereocenters. The maximum Gasteiger partial charge on any atom is 0.257 e. The first-order chi connectivity index (χ1) is 10.0. The Labute approximate surface area is 125 Å². The summed E-state index contributed by atoms with van der Waals surface area (Å²) < 4.78 is 36.7. The van der Waals surface area contributed by atoms with E-state index in [1.165, 1.54) is 0 Å². The molecule has 0 aliphatic rings. The third-order valence-corrected chi connectivity index (χ3v) is 4.08. The molecule has 0 bridgehead atoms. The predicted octanol–water partition coefficient (Wildman–Crippen LogP) is 3.51. The number of sulfonamides is 1. The van der Waals surface area contributed by atoms with Crippen molar-refractivity contribution in [1.82, 2.24) is 0 Å². The van der Waals surface area contributed by atoms with Crippen LogP contribution in [0.5, 0.6) is 0 Å². The van der Waals surface area contributed by atoms with Gasteiger partial charge >= 0.3 is 0 Å². The summed E-state index contributed by atoms with van der Waals surface area (Å²) in [5, 5.41) is 0.901. The quantitative estimate of drug-likeness (QED) is 0.810. The van der Waals surface area contributed by atoms with Crippen LogP contribution in [0.2, 0.25) is 0 Å². The minimum Gasteiger partial charge on any atom is -0.461 e. The maximum atomic E-state index is 11.8. The maximum absolute atomic E-state index is 11.8. The summed E-state index contributed by atoms with van der Waals surface area (Å²) in [4.78, 5) is 0. The van der Waals surface area contributed by atoms with E-state index in [1.807, 2.05) is 6.07 Å². The number of aryl methyl sites for hydroxylation is 1. The van der Waals surface area contributed by atoms with Crippen molar-refractivity contribution < 1.29 is 17.6 Å². The Bertz CT molecular complexity index is 691. The van der Waals surface area contributed by atoms with Crippen molar-refractivity contribution >= 4 is 26.7 Å². The monoisotopic (exact) mass is 311 g/mol. The van der Waals surface area contributed by atoms with E-state index in [2.05, 4.69) is 11.6 Å². The molecule has 6 heteroatoms. The molecule has 0 fully saturated rings. The standard InChI is InChI=1S/C15H21NO4S/c1-3-5-6-14-10-12-9-13(7-8-15(12)20-14)16-21(17,18)11-19-4-2/h7-10,16H,3-6,11H2,1-2H3. The summed E-state index contributed by atoms with van der Waals surface area (Å²) in [6, 6.07) is 7.21. The average molecular weight is 311 g/mol. The van der Waals surface area contributed by atoms with Crippen LogP contribution in [0.3, 0.4) is 0 Å². The topological polar surface area (TPSA) is 68.5 Å². The van der Waals surface area contributed by atoms with Gasteiger partial charge in [-0.2, -0.15) is 0 Å². The normalized spacial score (nSPS) is 11.9. The highest BCUT2D eigenvalue weighted by atomic mass is 32.2. The molecule has 21 heavy (non-hydrogen) atoms. The van der Waals surface area contributed by atoms with E-state index >= 15 is 0 Å². The second kappa shape index (κ2) is 6.95. The number of anilines is 1. The van der Waals surface area contributed by atoms with Gasteiger partial charge in [-0.15, -0.1) is 0 Å². The fraction of sp³-hybridized carbons (Fsp3) is 0.467. The number of rotatable bonds is 8.